The van der Waals surface area contributed by atoms with E-state index in [1.54, 1.807) is 17.0 Å². The largest absolute Gasteiger partial charge is 0.444 e. The van der Waals surface area contributed by atoms with E-state index in [9.17, 15) is 9.59 Å². The van der Waals surface area contributed by atoms with Gasteiger partial charge in [-0.15, -0.1) is 0 Å². The van der Waals surface area contributed by atoms with Gasteiger partial charge >= 0.3 is 6.09 Å². The number of fused-ring (bicyclic) bond motifs is 3. The molecule has 1 aromatic carbocycles. The lowest BCUT2D eigenvalue weighted by Gasteiger charge is -2.24. The topological polar surface area (TPSA) is 58.6 Å². The summed E-state index contributed by atoms with van der Waals surface area (Å²) in [6.45, 7) is 7.27. The van der Waals surface area contributed by atoms with Crippen LogP contribution in [0.3, 0.4) is 0 Å². The summed E-state index contributed by atoms with van der Waals surface area (Å²) in [4.78, 5) is 26.3. The van der Waals surface area contributed by atoms with Gasteiger partial charge in [-0.25, -0.2) is 4.79 Å². The minimum atomic E-state index is -0.513. The monoisotopic (exact) mass is 336 g/mol. The number of ether oxygens (including phenoxy) is 1. The van der Waals surface area contributed by atoms with Crippen molar-refractivity contribution in [3.8, 4) is 0 Å². The van der Waals surface area contributed by atoms with Crippen LogP contribution in [0.4, 0.5) is 4.79 Å². The molecule has 2 amide bonds. The van der Waals surface area contributed by atoms with Crippen LogP contribution in [0.5, 0.6) is 0 Å². The van der Waals surface area contributed by atoms with Gasteiger partial charge < -0.3 is 15.0 Å². The van der Waals surface area contributed by atoms with Crippen molar-refractivity contribution in [3.05, 3.63) is 34.3 Å². The molecule has 2 atom stereocenters. The van der Waals surface area contributed by atoms with E-state index >= 15 is 0 Å². The van der Waals surface area contributed by atoms with Crippen LogP contribution in [0.25, 0.3) is 0 Å². The minimum Gasteiger partial charge on any atom is -0.444 e. The number of halogens is 1. The van der Waals surface area contributed by atoms with E-state index in [-0.39, 0.29) is 23.8 Å². The molecular formula is C17H21ClN2O3. The minimum absolute atomic E-state index is 0.0966. The number of carbonyl (C=O) groups excluding carboxylic acids is 2. The van der Waals surface area contributed by atoms with Crippen molar-refractivity contribution in [1.82, 2.24) is 10.2 Å². The Kier molecular flexibility index (Phi) is 4.00. The van der Waals surface area contributed by atoms with Gasteiger partial charge in [-0.3, -0.25) is 4.79 Å². The molecule has 124 valence electrons. The molecule has 5 nitrogen and oxygen atoms in total. The highest BCUT2D eigenvalue weighted by Crippen LogP contribution is 2.37. The molecule has 2 unspecified atom stereocenters. The predicted molar refractivity (Wildman–Crippen MR) is 87.8 cm³/mol. The van der Waals surface area contributed by atoms with Gasteiger partial charge in [-0.2, -0.15) is 0 Å². The van der Waals surface area contributed by atoms with Crippen LogP contribution < -0.4 is 5.32 Å². The maximum Gasteiger partial charge on any atom is 0.410 e. The number of benzene rings is 1. The molecule has 0 radical (unpaired) electrons. The average molecular weight is 337 g/mol. The van der Waals surface area contributed by atoms with Crippen molar-refractivity contribution < 1.29 is 14.3 Å². The Morgan fingerprint density at radius 3 is 2.78 bits per heavy atom. The van der Waals surface area contributed by atoms with E-state index in [0.29, 0.717) is 30.2 Å². The van der Waals surface area contributed by atoms with Gasteiger partial charge in [0.15, 0.2) is 0 Å². The van der Waals surface area contributed by atoms with Gasteiger partial charge in [0.25, 0.3) is 5.91 Å². The standard InChI is InChI=1S/C17H21ClN2O3/c1-17(2,3)23-16(22)20-8-10-7-19-15(21)13-6-11(18)4-5-12(13)14(10)9-20/h4-6,10,14H,7-9H2,1-3H3,(H,19,21). The van der Waals surface area contributed by atoms with Crippen LogP contribution in [-0.4, -0.2) is 42.1 Å². The summed E-state index contributed by atoms with van der Waals surface area (Å²) in [5.74, 6) is 0.211. The van der Waals surface area contributed by atoms with Crippen LogP contribution in [0.15, 0.2) is 18.2 Å². The maximum atomic E-state index is 12.3. The summed E-state index contributed by atoms with van der Waals surface area (Å²) in [6, 6.07) is 5.40. The Balaban J connectivity index is 1.86. The molecule has 1 N–H and O–H groups in total. The van der Waals surface area contributed by atoms with E-state index < -0.39 is 5.60 Å². The zero-order valence-corrected chi connectivity index (χ0v) is 14.3. The lowest BCUT2D eigenvalue weighted by Crippen LogP contribution is -2.36. The Morgan fingerprint density at radius 2 is 2.09 bits per heavy atom. The Bertz CT molecular complexity index is 654. The first-order valence-corrected chi connectivity index (χ1v) is 8.18. The van der Waals surface area contributed by atoms with E-state index in [2.05, 4.69) is 5.32 Å². The lowest BCUT2D eigenvalue weighted by molar-refractivity contribution is 0.0287. The van der Waals surface area contributed by atoms with E-state index in [4.69, 9.17) is 16.3 Å². The van der Waals surface area contributed by atoms with Crippen molar-refractivity contribution in [3.63, 3.8) is 0 Å². The van der Waals surface area contributed by atoms with Crippen molar-refractivity contribution in [2.75, 3.05) is 19.6 Å². The highest BCUT2D eigenvalue weighted by atomic mass is 35.5. The maximum absolute atomic E-state index is 12.3. The third-order valence-electron chi connectivity index (χ3n) is 4.28. The first-order chi connectivity index (χ1) is 10.7. The first kappa shape index (κ1) is 16.1. The molecule has 1 aromatic rings. The summed E-state index contributed by atoms with van der Waals surface area (Å²) >= 11 is 6.03. The summed E-state index contributed by atoms with van der Waals surface area (Å²) in [7, 11) is 0. The SMILES string of the molecule is CC(C)(C)OC(=O)N1CC2CNC(=O)c3cc(Cl)ccc3C2C1. The summed E-state index contributed by atoms with van der Waals surface area (Å²) in [6.07, 6.45) is -0.299. The van der Waals surface area contributed by atoms with Crippen molar-refractivity contribution in [2.24, 2.45) is 5.92 Å². The predicted octanol–water partition coefficient (Wildman–Crippen LogP) is 3.03. The second-order valence-corrected chi connectivity index (χ2v) is 7.63. The van der Waals surface area contributed by atoms with Crippen molar-refractivity contribution in [1.29, 1.82) is 0 Å². The zero-order chi connectivity index (χ0) is 16.8. The van der Waals surface area contributed by atoms with Gasteiger partial charge in [-0.05, 0) is 38.5 Å². The van der Waals surface area contributed by atoms with Gasteiger partial charge in [0.2, 0.25) is 0 Å². The number of hydrogen-bond donors (Lipinski definition) is 1. The van der Waals surface area contributed by atoms with E-state index in [0.717, 1.165) is 5.56 Å². The zero-order valence-electron chi connectivity index (χ0n) is 13.6. The number of hydrogen-bond acceptors (Lipinski definition) is 3. The van der Waals surface area contributed by atoms with Crippen LogP contribution in [0.1, 0.15) is 42.6 Å². The van der Waals surface area contributed by atoms with Crippen LogP contribution in [0.2, 0.25) is 5.02 Å². The summed E-state index contributed by atoms with van der Waals surface area (Å²) in [5.41, 5.74) is 1.05. The molecule has 1 saturated heterocycles. The molecule has 0 aromatic heterocycles. The molecule has 2 heterocycles. The van der Waals surface area contributed by atoms with Crippen LogP contribution >= 0.6 is 11.6 Å². The average Bonchev–Trinajstić information content (AvgIpc) is 2.82. The quantitative estimate of drug-likeness (QED) is 0.792. The number of amides is 2. The van der Waals surface area contributed by atoms with Crippen molar-refractivity contribution >= 4 is 23.6 Å². The fourth-order valence-electron chi connectivity index (χ4n) is 3.27. The van der Waals surface area contributed by atoms with Gasteiger partial charge in [0, 0.05) is 42.1 Å². The number of likely N-dealkylation sites (tertiary alicyclic amines) is 1. The molecule has 1 fully saturated rings. The molecule has 0 spiro atoms. The van der Waals surface area contributed by atoms with Crippen molar-refractivity contribution in [2.45, 2.75) is 32.3 Å². The number of nitrogens with zero attached hydrogens (tertiary/aromatic N) is 1. The fraction of sp³-hybridized carbons (Fsp3) is 0.529. The molecule has 2 aliphatic rings. The second kappa shape index (κ2) is 5.71. The summed E-state index contributed by atoms with van der Waals surface area (Å²) in [5, 5.41) is 3.47. The summed E-state index contributed by atoms with van der Waals surface area (Å²) < 4.78 is 5.47. The molecular weight excluding hydrogens is 316 g/mol. The Morgan fingerprint density at radius 1 is 1.35 bits per heavy atom. The molecule has 6 heteroatoms. The van der Waals surface area contributed by atoms with E-state index in [1.807, 2.05) is 26.8 Å². The van der Waals surface area contributed by atoms with Crippen LogP contribution in [0, 0.1) is 5.92 Å². The van der Waals surface area contributed by atoms with Gasteiger partial charge in [-0.1, -0.05) is 17.7 Å². The third-order valence-corrected chi connectivity index (χ3v) is 4.51. The number of rotatable bonds is 0. The number of nitrogens with one attached hydrogen (secondary N) is 1. The van der Waals surface area contributed by atoms with E-state index in [1.165, 1.54) is 0 Å². The van der Waals surface area contributed by atoms with Gasteiger partial charge in [0.05, 0.1) is 0 Å². The fourth-order valence-corrected chi connectivity index (χ4v) is 3.45. The van der Waals surface area contributed by atoms with Gasteiger partial charge in [0.1, 0.15) is 5.60 Å². The lowest BCUT2D eigenvalue weighted by atomic mass is 9.87. The normalized spacial score (nSPS) is 23.7. The molecule has 0 saturated carbocycles. The Labute approximate surface area is 140 Å². The first-order valence-electron chi connectivity index (χ1n) is 7.80. The van der Waals surface area contributed by atoms with Crippen LogP contribution in [-0.2, 0) is 4.74 Å². The highest BCUT2D eigenvalue weighted by Gasteiger charge is 2.41. The molecule has 0 bridgehead atoms. The molecule has 3 rings (SSSR count). The molecule has 0 aliphatic carbocycles. The Hall–Kier alpha value is -1.75. The molecule has 2 aliphatic heterocycles. The third kappa shape index (κ3) is 3.29. The second-order valence-electron chi connectivity index (χ2n) is 7.19. The smallest absolute Gasteiger partial charge is 0.410 e. The highest BCUT2D eigenvalue weighted by molar-refractivity contribution is 6.31. The number of carbonyl (C=O) groups is 2. The molecule has 23 heavy (non-hydrogen) atoms.